The van der Waals surface area contributed by atoms with Crippen molar-refractivity contribution in [3.05, 3.63) is 29.8 Å². The van der Waals surface area contributed by atoms with E-state index >= 15 is 0 Å². The molecule has 0 aromatic heterocycles. The molecule has 2 rings (SSSR count). The highest BCUT2D eigenvalue weighted by molar-refractivity contribution is 7.89. The van der Waals surface area contributed by atoms with Crippen LogP contribution in [0.5, 0.6) is 0 Å². The monoisotopic (exact) mass is 312 g/mol. The lowest BCUT2D eigenvalue weighted by atomic mass is 9.98. The minimum absolute atomic E-state index is 0.217. The minimum Gasteiger partial charge on any atom is -0.389 e. The van der Waals surface area contributed by atoms with Crippen molar-refractivity contribution < 1.29 is 13.5 Å². The van der Waals surface area contributed by atoms with E-state index in [1.165, 1.54) is 6.07 Å². The Morgan fingerprint density at radius 2 is 2.05 bits per heavy atom. The lowest BCUT2D eigenvalue weighted by Gasteiger charge is -2.28. The van der Waals surface area contributed by atoms with E-state index in [1.54, 1.807) is 25.1 Å². The predicted octanol–water partition coefficient (Wildman–Crippen LogP) is 1.36. The first kappa shape index (κ1) is 16.4. The summed E-state index contributed by atoms with van der Waals surface area (Å²) in [6, 6.07) is 6.47. The van der Waals surface area contributed by atoms with Crippen LogP contribution in [0, 0.1) is 5.92 Å². The summed E-state index contributed by atoms with van der Waals surface area (Å²) in [5, 5.41) is 9.55. The second kappa shape index (κ2) is 6.87. The van der Waals surface area contributed by atoms with E-state index < -0.39 is 16.1 Å². The van der Waals surface area contributed by atoms with Crippen molar-refractivity contribution in [1.29, 1.82) is 0 Å². The molecule has 1 aromatic carbocycles. The highest BCUT2D eigenvalue weighted by Crippen LogP contribution is 2.19. The standard InChI is InChI=1S/C15H24N2O3S/c1-12(18)14-4-3-5-15(10-14)21(19,20)16-11-13-6-8-17(2)9-7-13/h3-5,10,12-13,16,18H,6-9,11H2,1-2H3. The van der Waals surface area contributed by atoms with Gasteiger partial charge < -0.3 is 10.0 Å². The first-order chi connectivity index (χ1) is 9.88. The Morgan fingerprint density at radius 3 is 2.67 bits per heavy atom. The van der Waals surface area contributed by atoms with Crippen molar-refractivity contribution >= 4 is 10.0 Å². The maximum Gasteiger partial charge on any atom is 0.240 e. The summed E-state index contributed by atoms with van der Waals surface area (Å²) >= 11 is 0. The summed E-state index contributed by atoms with van der Waals surface area (Å²) < 4.78 is 27.3. The van der Waals surface area contributed by atoms with E-state index in [2.05, 4.69) is 16.7 Å². The summed E-state index contributed by atoms with van der Waals surface area (Å²) in [6.07, 6.45) is 1.37. The van der Waals surface area contributed by atoms with Crippen LogP contribution < -0.4 is 4.72 Å². The van der Waals surface area contributed by atoms with E-state index in [-0.39, 0.29) is 4.90 Å². The average molecular weight is 312 g/mol. The van der Waals surface area contributed by atoms with E-state index in [4.69, 9.17) is 0 Å². The van der Waals surface area contributed by atoms with Crippen LogP contribution in [0.3, 0.4) is 0 Å². The summed E-state index contributed by atoms with van der Waals surface area (Å²) in [5.41, 5.74) is 0.608. The molecule has 0 spiro atoms. The number of aliphatic hydroxyl groups excluding tert-OH is 1. The summed E-state index contributed by atoms with van der Waals surface area (Å²) in [6.45, 7) is 4.14. The molecule has 5 nitrogen and oxygen atoms in total. The minimum atomic E-state index is -3.50. The number of likely N-dealkylation sites (tertiary alicyclic amines) is 1. The number of hydrogen-bond donors (Lipinski definition) is 2. The Balaban J connectivity index is 2.00. The number of sulfonamides is 1. The number of benzene rings is 1. The molecular formula is C15H24N2O3S. The van der Waals surface area contributed by atoms with Gasteiger partial charge in [0.2, 0.25) is 10.0 Å². The largest absolute Gasteiger partial charge is 0.389 e. The van der Waals surface area contributed by atoms with Crippen molar-refractivity contribution in [1.82, 2.24) is 9.62 Å². The van der Waals surface area contributed by atoms with Gasteiger partial charge in [0.25, 0.3) is 0 Å². The van der Waals surface area contributed by atoms with Crippen LogP contribution in [0.4, 0.5) is 0 Å². The molecule has 1 heterocycles. The number of aliphatic hydroxyl groups is 1. The van der Waals surface area contributed by atoms with Gasteiger partial charge in [-0.3, -0.25) is 0 Å². The molecule has 2 N–H and O–H groups in total. The Kier molecular flexibility index (Phi) is 5.37. The molecule has 6 heteroatoms. The predicted molar refractivity (Wildman–Crippen MR) is 82.5 cm³/mol. The molecule has 1 aliphatic heterocycles. The third-order valence-electron chi connectivity index (χ3n) is 4.05. The molecule has 0 aliphatic carbocycles. The topological polar surface area (TPSA) is 69.6 Å². The lowest BCUT2D eigenvalue weighted by molar-refractivity contribution is 0.199. The van der Waals surface area contributed by atoms with Crippen molar-refractivity contribution in [2.45, 2.75) is 30.8 Å². The molecule has 1 atom stereocenters. The number of nitrogens with zero attached hydrogens (tertiary/aromatic N) is 1. The van der Waals surface area contributed by atoms with Gasteiger partial charge >= 0.3 is 0 Å². The number of nitrogens with one attached hydrogen (secondary N) is 1. The van der Waals surface area contributed by atoms with E-state index in [1.807, 2.05) is 0 Å². The van der Waals surface area contributed by atoms with Crippen molar-refractivity contribution in [3.8, 4) is 0 Å². The van der Waals surface area contributed by atoms with Crippen LogP contribution in [-0.2, 0) is 10.0 Å². The van der Waals surface area contributed by atoms with Gasteiger partial charge in [-0.15, -0.1) is 0 Å². The molecule has 1 aromatic rings. The van der Waals surface area contributed by atoms with E-state index in [0.29, 0.717) is 18.0 Å². The van der Waals surface area contributed by atoms with E-state index in [0.717, 1.165) is 25.9 Å². The van der Waals surface area contributed by atoms with Crippen LogP contribution in [0.1, 0.15) is 31.4 Å². The van der Waals surface area contributed by atoms with Gasteiger partial charge in [0.05, 0.1) is 11.0 Å². The highest BCUT2D eigenvalue weighted by Gasteiger charge is 2.20. The van der Waals surface area contributed by atoms with Crippen molar-refractivity contribution in [2.75, 3.05) is 26.7 Å². The normalized spacial score (nSPS) is 19.6. The zero-order chi connectivity index (χ0) is 15.5. The molecule has 1 aliphatic rings. The second-order valence-corrected chi connectivity index (χ2v) is 7.61. The molecule has 21 heavy (non-hydrogen) atoms. The molecule has 0 bridgehead atoms. The summed E-state index contributed by atoms with van der Waals surface area (Å²) in [5.74, 6) is 0.399. The smallest absolute Gasteiger partial charge is 0.240 e. The third kappa shape index (κ3) is 4.51. The lowest BCUT2D eigenvalue weighted by Crippen LogP contribution is -2.36. The SMILES string of the molecule is CC(O)c1cccc(S(=O)(=O)NCC2CCN(C)CC2)c1. The van der Waals surface area contributed by atoms with Crippen molar-refractivity contribution in [3.63, 3.8) is 0 Å². The number of hydrogen-bond acceptors (Lipinski definition) is 4. The van der Waals surface area contributed by atoms with Crippen molar-refractivity contribution in [2.24, 2.45) is 5.92 Å². The Labute approximate surface area is 127 Å². The van der Waals surface area contributed by atoms with Crippen LogP contribution in [0.15, 0.2) is 29.2 Å². The van der Waals surface area contributed by atoms with Gasteiger partial charge in [-0.05, 0) is 63.5 Å². The molecule has 1 fully saturated rings. The fourth-order valence-electron chi connectivity index (χ4n) is 2.52. The first-order valence-electron chi connectivity index (χ1n) is 7.35. The Bertz CT molecular complexity index is 564. The zero-order valence-corrected chi connectivity index (χ0v) is 13.4. The molecule has 0 amide bonds. The molecule has 0 saturated carbocycles. The Hall–Kier alpha value is -0.950. The van der Waals surface area contributed by atoms with Gasteiger partial charge in [-0.25, -0.2) is 13.1 Å². The van der Waals surface area contributed by atoms with Gasteiger partial charge in [0.1, 0.15) is 0 Å². The summed E-state index contributed by atoms with van der Waals surface area (Å²) in [4.78, 5) is 2.48. The van der Waals surface area contributed by atoms with Gasteiger partial charge in [0, 0.05) is 6.54 Å². The fraction of sp³-hybridized carbons (Fsp3) is 0.600. The second-order valence-electron chi connectivity index (χ2n) is 5.85. The maximum atomic E-state index is 12.3. The van der Waals surface area contributed by atoms with Crippen LogP contribution in [-0.4, -0.2) is 45.1 Å². The van der Waals surface area contributed by atoms with Gasteiger partial charge in [0.15, 0.2) is 0 Å². The van der Waals surface area contributed by atoms with Crippen LogP contribution in [0.25, 0.3) is 0 Å². The number of rotatable bonds is 5. The molecule has 118 valence electrons. The Morgan fingerprint density at radius 1 is 1.38 bits per heavy atom. The quantitative estimate of drug-likeness (QED) is 0.861. The van der Waals surface area contributed by atoms with E-state index in [9.17, 15) is 13.5 Å². The maximum absolute atomic E-state index is 12.3. The zero-order valence-electron chi connectivity index (χ0n) is 12.6. The third-order valence-corrected chi connectivity index (χ3v) is 5.47. The molecular weight excluding hydrogens is 288 g/mol. The fourth-order valence-corrected chi connectivity index (χ4v) is 3.69. The molecule has 0 radical (unpaired) electrons. The van der Waals surface area contributed by atoms with Gasteiger partial charge in [-0.2, -0.15) is 0 Å². The molecule has 1 saturated heterocycles. The molecule has 1 unspecified atom stereocenters. The number of piperidine rings is 1. The highest BCUT2D eigenvalue weighted by atomic mass is 32.2. The van der Waals surface area contributed by atoms with Crippen LogP contribution >= 0.6 is 0 Å². The summed E-state index contributed by atoms with van der Waals surface area (Å²) in [7, 11) is -1.42. The average Bonchev–Trinajstić information content (AvgIpc) is 2.47. The van der Waals surface area contributed by atoms with Crippen LogP contribution in [0.2, 0.25) is 0 Å². The van der Waals surface area contributed by atoms with Gasteiger partial charge in [-0.1, -0.05) is 12.1 Å². The first-order valence-corrected chi connectivity index (χ1v) is 8.83.